The molecule has 26 heavy (non-hydrogen) atoms. The van der Waals surface area contributed by atoms with Crippen LogP contribution in [0.15, 0.2) is 36.5 Å². The number of nitrogens with zero attached hydrogens (tertiary/aromatic N) is 2. The third-order valence-corrected chi connectivity index (χ3v) is 5.65. The largest absolute Gasteiger partial charge is 0.487 e. The molecule has 4 rings (SSSR count). The maximum atomic E-state index is 12.9. The maximum Gasteiger partial charge on any atom is 0.270 e. The van der Waals surface area contributed by atoms with E-state index >= 15 is 0 Å². The molecule has 138 valence electrons. The van der Waals surface area contributed by atoms with Crippen molar-refractivity contribution in [3.63, 3.8) is 0 Å². The number of aryl methyl sites for hydroxylation is 1. The minimum Gasteiger partial charge on any atom is -0.487 e. The molecule has 2 aromatic rings. The first-order valence-corrected chi connectivity index (χ1v) is 9.81. The van der Waals surface area contributed by atoms with Gasteiger partial charge < -0.3 is 10.1 Å². The number of carbonyl (C=O) groups is 1. The lowest BCUT2D eigenvalue weighted by atomic mass is 9.77. The summed E-state index contributed by atoms with van der Waals surface area (Å²) in [5.41, 5.74) is 1.58. The van der Waals surface area contributed by atoms with Crippen molar-refractivity contribution < 1.29 is 9.53 Å². The van der Waals surface area contributed by atoms with Crippen LogP contribution in [0.2, 0.25) is 0 Å². The summed E-state index contributed by atoms with van der Waals surface area (Å²) in [4.78, 5) is 12.9. The molecule has 1 aromatic carbocycles. The molecule has 1 spiro atoms. The summed E-state index contributed by atoms with van der Waals surface area (Å²) in [6.07, 6.45) is 9.31. The predicted octanol–water partition coefficient (Wildman–Crippen LogP) is 4.25. The van der Waals surface area contributed by atoms with E-state index in [0.717, 1.165) is 43.5 Å². The minimum atomic E-state index is -0.131. The number of benzene rings is 1. The van der Waals surface area contributed by atoms with Crippen molar-refractivity contribution >= 4 is 5.91 Å². The Labute approximate surface area is 154 Å². The van der Waals surface area contributed by atoms with E-state index in [2.05, 4.69) is 23.4 Å². The summed E-state index contributed by atoms with van der Waals surface area (Å²) in [6, 6.07) is 9.91. The molecule has 1 amide bonds. The molecular weight excluding hydrogens is 326 g/mol. The van der Waals surface area contributed by atoms with Crippen molar-refractivity contribution in [1.29, 1.82) is 0 Å². The van der Waals surface area contributed by atoms with Crippen LogP contribution >= 0.6 is 0 Å². The third kappa shape index (κ3) is 3.22. The summed E-state index contributed by atoms with van der Waals surface area (Å²) in [6.45, 7) is 2.84. The number of rotatable bonds is 4. The Morgan fingerprint density at radius 1 is 1.27 bits per heavy atom. The van der Waals surface area contributed by atoms with Crippen LogP contribution in [0, 0.1) is 0 Å². The highest BCUT2D eigenvalue weighted by Gasteiger charge is 2.42. The van der Waals surface area contributed by atoms with Gasteiger partial charge >= 0.3 is 0 Å². The molecular formula is C21H27N3O2. The minimum absolute atomic E-state index is 0.0180. The molecule has 5 heteroatoms. The molecule has 0 bridgehead atoms. The number of fused-ring (bicyclic) bond motifs is 1. The normalized spacial score (nSPS) is 21.0. The monoisotopic (exact) mass is 353 g/mol. The van der Waals surface area contributed by atoms with Gasteiger partial charge in [0.25, 0.3) is 5.91 Å². The smallest absolute Gasteiger partial charge is 0.270 e. The number of ether oxygens (including phenoxy) is 1. The fourth-order valence-corrected chi connectivity index (χ4v) is 4.40. The van der Waals surface area contributed by atoms with Gasteiger partial charge in [-0.3, -0.25) is 9.48 Å². The lowest BCUT2D eigenvalue weighted by Crippen LogP contribution is -2.46. The first kappa shape index (κ1) is 17.1. The zero-order valence-corrected chi connectivity index (χ0v) is 15.4. The Kier molecular flexibility index (Phi) is 4.70. The van der Waals surface area contributed by atoms with E-state index in [9.17, 15) is 4.79 Å². The van der Waals surface area contributed by atoms with Crippen LogP contribution in [-0.4, -0.2) is 21.3 Å². The quantitative estimate of drug-likeness (QED) is 0.894. The SMILES string of the molecule is CCCn1nccc1C(=O)N[C@H]1CC2(CCCCC2)Oc2ccccc21. The molecule has 1 aliphatic heterocycles. The number of amides is 1. The summed E-state index contributed by atoms with van der Waals surface area (Å²) in [5, 5.41) is 7.55. The number of hydrogen-bond acceptors (Lipinski definition) is 3. The van der Waals surface area contributed by atoms with Crippen LogP contribution in [-0.2, 0) is 6.54 Å². The average molecular weight is 353 g/mol. The molecule has 2 aliphatic rings. The van der Waals surface area contributed by atoms with E-state index in [1.54, 1.807) is 16.9 Å². The van der Waals surface area contributed by atoms with Gasteiger partial charge in [0.15, 0.2) is 0 Å². The van der Waals surface area contributed by atoms with E-state index in [1.807, 2.05) is 18.2 Å². The summed E-state index contributed by atoms with van der Waals surface area (Å²) in [7, 11) is 0. The first-order chi connectivity index (χ1) is 12.7. The molecule has 1 saturated carbocycles. The zero-order chi connectivity index (χ0) is 18.0. The van der Waals surface area contributed by atoms with Gasteiger partial charge in [-0.1, -0.05) is 31.5 Å². The fraction of sp³-hybridized carbons (Fsp3) is 0.524. The maximum absolute atomic E-state index is 12.9. The number of aromatic nitrogens is 2. The van der Waals surface area contributed by atoms with Crippen molar-refractivity contribution in [2.24, 2.45) is 0 Å². The van der Waals surface area contributed by atoms with Gasteiger partial charge in [0, 0.05) is 24.7 Å². The second-order valence-electron chi connectivity index (χ2n) is 7.55. The Balaban J connectivity index is 1.60. The van der Waals surface area contributed by atoms with Gasteiger partial charge in [-0.15, -0.1) is 0 Å². The molecule has 1 aliphatic carbocycles. The standard InChI is InChI=1S/C21H27N3O2/c1-2-14-24-18(10-13-22-24)20(25)23-17-15-21(11-6-3-7-12-21)26-19-9-5-4-8-16(17)19/h4-5,8-10,13,17H,2-3,6-7,11-12,14-15H2,1H3,(H,23,25)/t17-/m0/s1. The molecule has 1 N–H and O–H groups in total. The zero-order valence-electron chi connectivity index (χ0n) is 15.4. The Hall–Kier alpha value is -2.30. The lowest BCUT2D eigenvalue weighted by molar-refractivity contribution is -0.00215. The molecule has 2 heterocycles. The second kappa shape index (κ2) is 7.14. The fourth-order valence-electron chi connectivity index (χ4n) is 4.40. The predicted molar refractivity (Wildman–Crippen MR) is 100 cm³/mol. The van der Waals surface area contributed by atoms with E-state index < -0.39 is 0 Å². The van der Waals surface area contributed by atoms with Gasteiger partial charge in [0.2, 0.25) is 0 Å². The van der Waals surface area contributed by atoms with Crippen molar-refractivity contribution in [3.05, 3.63) is 47.8 Å². The molecule has 0 radical (unpaired) electrons. The topological polar surface area (TPSA) is 56.2 Å². The molecule has 0 saturated heterocycles. The average Bonchev–Trinajstić information content (AvgIpc) is 3.11. The van der Waals surface area contributed by atoms with E-state index in [4.69, 9.17) is 4.74 Å². The van der Waals surface area contributed by atoms with Crippen LogP contribution in [0.5, 0.6) is 5.75 Å². The van der Waals surface area contributed by atoms with Crippen LogP contribution in [0.1, 0.15) is 74.0 Å². The van der Waals surface area contributed by atoms with Gasteiger partial charge in [-0.2, -0.15) is 5.10 Å². The summed E-state index contributed by atoms with van der Waals surface area (Å²) < 4.78 is 8.24. The Bertz CT molecular complexity index is 777. The Morgan fingerprint density at radius 2 is 2.08 bits per heavy atom. The molecule has 1 aromatic heterocycles. The van der Waals surface area contributed by atoms with E-state index in [0.29, 0.717) is 5.69 Å². The number of carbonyl (C=O) groups excluding carboxylic acids is 1. The highest BCUT2D eigenvalue weighted by atomic mass is 16.5. The second-order valence-corrected chi connectivity index (χ2v) is 7.55. The van der Waals surface area contributed by atoms with Crippen molar-refractivity contribution in [2.45, 2.75) is 70.1 Å². The van der Waals surface area contributed by atoms with Crippen molar-refractivity contribution in [2.75, 3.05) is 0 Å². The van der Waals surface area contributed by atoms with Gasteiger partial charge in [0.05, 0.1) is 6.04 Å². The van der Waals surface area contributed by atoms with Crippen LogP contribution in [0.4, 0.5) is 0 Å². The number of para-hydroxylation sites is 1. The van der Waals surface area contributed by atoms with Crippen LogP contribution in [0.25, 0.3) is 0 Å². The van der Waals surface area contributed by atoms with Crippen LogP contribution < -0.4 is 10.1 Å². The molecule has 5 nitrogen and oxygen atoms in total. The highest BCUT2D eigenvalue weighted by Crippen LogP contribution is 2.46. The summed E-state index contributed by atoms with van der Waals surface area (Å²) >= 11 is 0. The van der Waals surface area contributed by atoms with Gasteiger partial charge in [0.1, 0.15) is 17.0 Å². The number of hydrogen-bond donors (Lipinski definition) is 1. The highest BCUT2D eigenvalue weighted by molar-refractivity contribution is 5.92. The van der Waals surface area contributed by atoms with Gasteiger partial charge in [-0.05, 0) is 44.2 Å². The summed E-state index contributed by atoms with van der Waals surface area (Å²) in [5.74, 6) is 0.872. The van der Waals surface area contributed by atoms with Gasteiger partial charge in [-0.25, -0.2) is 0 Å². The van der Waals surface area contributed by atoms with E-state index in [-0.39, 0.29) is 17.6 Å². The molecule has 1 atom stereocenters. The van der Waals surface area contributed by atoms with Crippen LogP contribution in [0.3, 0.4) is 0 Å². The number of nitrogens with one attached hydrogen (secondary N) is 1. The van der Waals surface area contributed by atoms with E-state index in [1.165, 1.54) is 19.3 Å². The van der Waals surface area contributed by atoms with Crippen molar-refractivity contribution in [1.82, 2.24) is 15.1 Å². The first-order valence-electron chi connectivity index (χ1n) is 9.81. The lowest BCUT2D eigenvalue weighted by Gasteiger charge is -2.44. The molecule has 0 unspecified atom stereocenters. The molecule has 1 fully saturated rings. The third-order valence-electron chi connectivity index (χ3n) is 5.65. The Morgan fingerprint density at radius 3 is 2.88 bits per heavy atom. The van der Waals surface area contributed by atoms with Crippen molar-refractivity contribution in [3.8, 4) is 5.75 Å².